The van der Waals surface area contributed by atoms with Crippen LogP contribution in [0.25, 0.3) is 0 Å². The van der Waals surface area contributed by atoms with E-state index < -0.39 is 0 Å². The number of nitrogens with one attached hydrogen (secondary N) is 2. The number of aliphatic imine (C=N–C) groups is 1. The number of hydrogen-bond donors (Lipinski definition) is 2. The van der Waals surface area contributed by atoms with E-state index in [1.807, 2.05) is 18.5 Å². The van der Waals surface area contributed by atoms with Gasteiger partial charge in [-0.25, -0.2) is 9.37 Å². The van der Waals surface area contributed by atoms with Gasteiger partial charge in [-0.2, -0.15) is 0 Å². The zero-order chi connectivity index (χ0) is 14.4. The van der Waals surface area contributed by atoms with E-state index in [0.29, 0.717) is 24.6 Å². The summed E-state index contributed by atoms with van der Waals surface area (Å²) in [7, 11) is 1.69. The maximum Gasteiger partial charge on any atom is 0.191 e. The highest BCUT2D eigenvalue weighted by molar-refractivity contribution is 7.09. The molecule has 6 heteroatoms. The molecule has 0 bridgehead atoms. The Morgan fingerprint density at radius 3 is 2.70 bits per heavy atom. The molecule has 0 unspecified atom stereocenters. The average molecular weight is 292 g/mol. The molecule has 1 aromatic heterocycles. The van der Waals surface area contributed by atoms with Gasteiger partial charge >= 0.3 is 0 Å². The van der Waals surface area contributed by atoms with Gasteiger partial charge in [-0.05, 0) is 13.0 Å². The van der Waals surface area contributed by atoms with Gasteiger partial charge in [-0.15, -0.1) is 11.3 Å². The summed E-state index contributed by atoms with van der Waals surface area (Å²) in [6, 6.07) is 6.70. The van der Waals surface area contributed by atoms with E-state index in [1.165, 1.54) is 10.9 Å². The minimum atomic E-state index is -0.214. The van der Waals surface area contributed by atoms with Crippen LogP contribution < -0.4 is 10.6 Å². The van der Waals surface area contributed by atoms with Crippen LogP contribution in [0.3, 0.4) is 0 Å². The molecule has 1 aromatic carbocycles. The summed E-state index contributed by atoms with van der Waals surface area (Å²) in [6.07, 6.45) is 0. The fraction of sp³-hybridized carbons (Fsp3) is 0.286. The van der Waals surface area contributed by atoms with Crippen molar-refractivity contribution in [3.63, 3.8) is 0 Å². The van der Waals surface area contributed by atoms with Crippen LogP contribution in [0.4, 0.5) is 4.39 Å². The summed E-state index contributed by atoms with van der Waals surface area (Å²) in [5.41, 5.74) is 3.46. The number of rotatable bonds is 4. The first-order valence-electron chi connectivity index (χ1n) is 6.27. The summed E-state index contributed by atoms with van der Waals surface area (Å²) in [4.78, 5) is 9.48. The summed E-state index contributed by atoms with van der Waals surface area (Å²) in [6.45, 7) is 3.03. The number of aryl methyl sites for hydroxylation is 1. The van der Waals surface area contributed by atoms with Crippen LogP contribution in [-0.2, 0) is 13.1 Å². The third kappa shape index (κ3) is 3.77. The Labute approximate surface area is 121 Å². The first kappa shape index (κ1) is 14.5. The molecule has 4 nitrogen and oxygen atoms in total. The maximum atomic E-state index is 13.5. The first-order chi connectivity index (χ1) is 9.70. The van der Waals surface area contributed by atoms with Crippen LogP contribution in [0.5, 0.6) is 0 Å². The molecule has 0 aliphatic rings. The van der Waals surface area contributed by atoms with E-state index in [1.54, 1.807) is 30.5 Å². The number of aromatic nitrogens is 1. The smallest absolute Gasteiger partial charge is 0.191 e. The van der Waals surface area contributed by atoms with Gasteiger partial charge in [-0.1, -0.05) is 18.2 Å². The lowest BCUT2D eigenvalue weighted by Gasteiger charge is -2.11. The zero-order valence-electron chi connectivity index (χ0n) is 11.5. The summed E-state index contributed by atoms with van der Waals surface area (Å²) < 4.78 is 13.5. The third-order valence-corrected chi connectivity index (χ3v) is 3.82. The van der Waals surface area contributed by atoms with Crippen LogP contribution >= 0.6 is 11.3 Å². The number of benzene rings is 1. The molecule has 0 atom stereocenters. The number of nitrogens with zero attached hydrogens (tertiary/aromatic N) is 2. The van der Waals surface area contributed by atoms with E-state index in [9.17, 15) is 4.39 Å². The molecule has 0 amide bonds. The number of halogens is 1. The van der Waals surface area contributed by atoms with Crippen LogP contribution in [0.1, 0.15) is 16.1 Å². The number of guanidine groups is 1. The van der Waals surface area contributed by atoms with E-state index in [2.05, 4.69) is 20.6 Å². The van der Waals surface area contributed by atoms with Crippen molar-refractivity contribution in [1.29, 1.82) is 0 Å². The summed E-state index contributed by atoms with van der Waals surface area (Å²) >= 11 is 1.60. The lowest BCUT2D eigenvalue weighted by molar-refractivity contribution is 0.604. The molecule has 0 spiro atoms. The monoisotopic (exact) mass is 292 g/mol. The zero-order valence-corrected chi connectivity index (χ0v) is 12.3. The normalized spacial score (nSPS) is 11.4. The van der Waals surface area contributed by atoms with E-state index in [0.717, 1.165) is 5.69 Å². The minimum absolute atomic E-state index is 0.214. The van der Waals surface area contributed by atoms with Crippen LogP contribution in [0.2, 0.25) is 0 Å². The first-order valence-corrected chi connectivity index (χ1v) is 7.15. The van der Waals surface area contributed by atoms with Gasteiger partial charge in [0.2, 0.25) is 0 Å². The molecule has 2 rings (SSSR count). The number of thiazole rings is 1. The van der Waals surface area contributed by atoms with Crippen molar-refractivity contribution in [2.24, 2.45) is 4.99 Å². The number of hydrogen-bond acceptors (Lipinski definition) is 3. The van der Waals surface area contributed by atoms with Crippen LogP contribution in [-0.4, -0.2) is 18.0 Å². The van der Waals surface area contributed by atoms with E-state index in [4.69, 9.17) is 0 Å². The average Bonchev–Trinajstić information content (AvgIpc) is 2.86. The molecular formula is C14H17FN4S. The molecule has 0 saturated carbocycles. The highest BCUT2D eigenvalue weighted by atomic mass is 32.1. The Morgan fingerprint density at radius 2 is 2.05 bits per heavy atom. The standard InChI is InChI=1S/C14H17FN4S/c1-10-13(20-9-19-10)8-18-14(16-2)17-7-11-5-3-4-6-12(11)15/h3-6,9H,7-8H2,1-2H3,(H2,16,17,18). The molecule has 0 saturated heterocycles. The highest BCUT2D eigenvalue weighted by Crippen LogP contribution is 2.11. The Kier molecular flexibility index (Phi) is 5.06. The van der Waals surface area contributed by atoms with Crippen molar-refractivity contribution in [3.05, 3.63) is 51.7 Å². The van der Waals surface area contributed by atoms with Gasteiger partial charge in [0.1, 0.15) is 5.82 Å². The molecule has 0 fully saturated rings. The Balaban J connectivity index is 1.87. The second kappa shape index (κ2) is 7.00. The van der Waals surface area contributed by atoms with Crippen LogP contribution in [0, 0.1) is 12.7 Å². The maximum absolute atomic E-state index is 13.5. The van der Waals surface area contributed by atoms with Gasteiger partial charge in [0.25, 0.3) is 0 Å². The summed E-state index contributed by atoms with van der Waals surface area (Å²) in [5, 5.41) is 6.28. The van der Waals surface area contributed by atoms with Gasteiger partial charge in [0, 0.05) is 24.0 Å². The largest absolute Gasteiger partial charge is 0.352 e. The van der Waals surface area contributed by atoms with E-state index in [-0.39, 0.29) is 5.82 Å². The SMILES string of the molecule is CN=C(NCc1ccccc1F)NCc1scnc1C. The van der Waals surface area contributed by atoms with E-state index >= 15 is 0 Å². The minimum Gasteiger partial charge on any atom is -0.352 e. The quantitative estimate of drug-likeness (QED) is 0.672. The highest BCUT2D eigenvalue weighted by Gasteiger charge is 2.04. The molecule has 0 aliphatic heterocycles. The van der Waals surface area contributed by atoms with Crippen molar-refractivity contribution >= 4 is 17.3 Å². The molecule has 20 heavy (non-hydrogen) atoms. The van der Waals surface area contributed by atoms with Gasteiger partial charge in [0.15, 0.2) is 5.96 Å². The van der Waals surface area contributed by atoms with Gasteiger partial charge < -0.3 is 10.6 Å². The molecule has 1 heterocycles. The Hall–Kier alpha value is -1.95. The van der Waals surface area contributed by atoms with Crippen LogP contribution in [0.15, 0.2) is 34.8 Å². The second-order valence-corrected chi connectivity index (χ2v) is 5.17. The molecule has 0 aliphatic carbocycles. The molecule has 2 N–H and O–H groups in total. The van der Waals surface area contributed by atoms with Gasteiger partial charge in [-0.3, -0.25) is 4.99 Å². The van der Waals surface area contributed by atoms with Crippen molar-refractivity contribution in [2.45, 2.75) is 20.0 Å². The third-order valence-electron chi connectivity index (χ3n) is 2.89. The summed E-state index contributed by atoms with van der Waals surface area (Å²) in [5.74, 6) is 0.426. The van der Waals surface area contributed by atoms with Crippen molar-refractivity contribution in [3.8, 4) is 0 Å². The van der Waals surface area contributed by atoms with Gasteiger partial charge in [0.05, 0.1) is 17.7 Å². The van der Waals surface area contributed by atoms with Crippen molar-refractivity contribution < 1.29 is 4.39 Å². The van der Waals surface area contributed by atoms with Crippen molar-refractivity contribution in [1.82, 2.24) is 15.6 Å². The molecule has 2 aromatic rings. The predicted octanol–water partition coefficient (Wildman–Crippen LogP) is 2.46. The second-order valence-electron chi connectivity index (χ2n) is 4.23. The fourth-order valence-corrected chi connectivity index (χ4v) is 2.42. The molecular weight excluding hydrogens is 275 g/mol. The fourth-order valence-electron chi connectivity index (χ4n) is 1.70. The Morgan fingerprint density at radius 1 is 1.30 bits per heavy atom. The molecule has 106 valence electrons. The molecule has 0 radical (unpaired) electrons. The Bertz CT molecular complexity index is 594. The topological polar surface area (TPSA) is 49.3 Å². The predicted molar refractivity (Wildman–Crippen MR) is 80.3 cm³/mol. The lowest BCUT2D eigenvalue weighted by Crippen LogP contribution is -2.36. The van der Waals surface area contributed by atoms with Crippen molar-refractivity contribution in [2.75, 3.05) is 7.05 Å². The lowest BCUT2D eigenvalue weighted by atomic mass is 10.2.